The second-order valence-electron chi connectivity index (χ2n) is 7.16. The van der Waals surface area contributed by atoms with Crippen LogP contribution in [0.3, 0.4) is 0 Å². The molecular weight excluding hydrogens is 324 g/mol. The van der Waals surface area contributed by atoms with Crippen LogP contribution in [-0.4, -0.2) is 39.3 Å². The molecule has 1 aliphatic rings. The average molecular weight is 348 g/mol. The third-order valence-corrected chi connectivity index (χ3v) is 5.34. The number of hydrogen-bond donors (Lipinski definition) is 1. The van der Waals surface area contributed by atoms with Gasteiger partial charge in [0.15, 0.2) is 0 Å². The van der Waals surface area contributed by atoms with Crippen molar-refractivity contribution in [1.29, 1.82) is 0 Å². The Labute approximate surface area is 153 Å². The zero-order chi connectivity index (χ0) is 17.8. The number of aromatic amines is 1. The second-order valence-corrected chi connectivity index (χ2v) is 7.16. The third-order valence-electron chi connectivity index (χ3n) is 5.34. The number of likely N-dealkylation sites (tertiary alicyclic amines) is 1. The van der Waals surface area contributed by atoms with Gasteiger partial charge in [0.2, 0.25) is 5.91 Å². The molecular formula is C21H24N4O. The molecule has 0 radical (unpaired) electrons. The van der Waals surface area contributed by atoms with E-state index in [-0.39, 0.29) is 5.91 Å². The van der Waals surface area contributed by atoms with Crippen LogP contribution in [0.2, 0.25) is 0 Å². The molecule has 5 nitrogen and oxygen atoms in total. The number of fused-ring (bicyclic) bond motifs is 1. The molecule has 0 spiro atoms. The van der Waals surface area contributed by atoms with Crippen molar-refractivity contribution in [2.75, 3.05) is 13.1 Å². The van der Waals surface area contributed by atoms with Crippen molar-refractivity contribution in [3.8, 4) is 0 Å². The van der Waals surface area contributed by atoms with E-state index in [2.05, 4.69) is 45.7 Å². The van der Waals surface area contributed by atoms with Gasteiger partial charge in [-0.1, -0.05) is 36.4 Å². The van der Waals surface area contributed by atoms with Crippen LogP contribution in [0.1, 0.15) is 30.4 Å². The molecule has 0 unspecified atom stereocenters. The van der Waals surface area contributed by atoms with Gasteiger partial charge in [-0.3, -0.25) is 4.79 Å². The lowest BCUT2D eigenvalue weighted by molar-refractivity contribution is -0.132. The summed E-state index contributed by atoms with van der Waals surface area (Å²) in [5.74, 6) is 0.958. The number of carbonyl (C=O) groups excluding carboxylic acids is 1. The molecule has 2 aromatic carbocycles. The zero-order valence-corrected chi connectivity index (χ0v) is 14.9. The Kier molecular flexibility index (Phi) is 4.95. The van der Waals surface area contributed by atoms with Crippen molar-refractivity contribution in [3.05, 3.63) is 59.7 Å². The molecule has 0 saturated carbocycles. The van der Waals surface area contributed by atoms with Crippen LogP contribution in [-0.2, 0) is 17.6 Å². The molecule has 0 aliphatic carbocycles. The number of amides is 1. The zero-order valence-electron chi connectivity index (χ0n) is 14.9. The normalized spacial score (nSPS) is 15.5. The lowest BCUT2D eigenvalue weighted by Crippen LogP contribution is -2.39. The van der Waals surface area contributed by atoms with Gasteiger partial charge in [0.25, 0.3) is 0 Å². The number of carbonyl (C=O) groups is 1. The van der Waals surface area contributed by atoms with Crippen LogP contribution in [0, 0.1) is 5.92 Å². The first-order valence-electron chi connectivity index (χ1n) is 9.39. The number of nitrogens with zero attached hydrogens (tertiary/aromatic N) is 3. The van der Waals surface area contributed by atoms with Crippen LogP contribution >= 0.6 is 0 Å². The minimum Gasteiger partial charge on any atom is -0.343 e. The van der Waals surface area contributed by atoms with E-state index in [1.807, 2.05) is 23.1 Å². The first-order valence-corrected chi connectivity index (χ1v) is 9.39. The highest BCUT2D eigenvalue weighted by Gasteiger charge is 2.22. The Morgan fingerprint density at radius 1 is 1.00 bits per heavy atom. The minimum atomic E-state index is 0.267. The van der Waals surface area contributed by atoms with E-state index < -0.39 is 0 Å². The van der Waals surface area contributed by atoms with Gasteiger partial charge in [0, 0.05) is 19.5 Å². The van der Waals surface area contributed by atoms with Gasteiger partial charge in [0.1, 0.15) is 11.0 Å². The van der Waals surface area contributed by atoms with Crippen LogP contribution < -0.4 is 0 Å². The number of aromatic nitrogens is 3. The summed E-state index contributed by atoms with van der Waals surface area (Å²) in [5, 5.41) is 10.8. The fraction of sp³-hybridized carbons (Fsp3) is 0.381. The van der Waals surface area contributed by atoms with Crippen molar-refractivity contribution in [2.24, 2.45) is 5.92 Å². The number of aryl methyl sites for hydroxylation is 1. The molecule has 1 amide bonds. The van der Waals surface area contributed by atoms with Gasteiger partial charge >= 0.3 is 0 Å². The summed E-state index contributed by atoms with van der Waals surface area (Å²) in [7, 11) is 0. The van der Waals surface area contributed by atoms with Crippen molar-refractivity contribution in [1.82, 2.24) is 20.3 Å². The highest BCUT2D eigenvalue weighted by Crippen LogP contribution is 2.22. The van der Waals surface area contributed by atoms with Crippen molar-refractivity contribution >= 4 is 16.9 Å². The number of benzene rings is 2. The molecule has 4 rings (SSSR count). The highest BCUT2D eigenvalue weighted by atomic mass is 16.2. The molecule has 26 heavy (non-hydrogen) atoms. The molecule has 134 valence electrons. The molecule has 1 aromatic heterocycles. The monoisotopic (exact) mass is 348 g/mol. The SMILES string of the molecule is O=C(CCc1ccc2n[nH]nc2c1)N1CCC(Cc2ccccc2)CC1. The molecule has 1 fully saturated rings. The Morgan fingerprint density at radius 2 is 1.77 bits per heavy atom. The van der Waals surface area contributed by atoms with Gasteiger partial charge in [-0.15, -0.1) is 0 Å². The van der Waals surface area contributed by atoms with Crippen LogP contribution in [0.25, 0.3) is 11.0 Å². The van der Waals surface area contributed by atoms with Crippen molar-refractivity contribution in [3.63, 3.8) is 0 Å². The Morgan fingerprint density at radius 3 is 2.58 bits per heavy atom. The number of piperidine rings is 1. The summed E-state index contributed by atoms with van der Waals surface area (Å²) in [5.41, 5.74) is 4.26. The fourth-order valence-electron chi connectivity index (χ4n) is 3.78. The molecule has 0 atom stereocenters. The Bertz CT molecular complexity index is 866. The van der Waals surface area contributed by atoms with Gasteiger partial charge in [0.05, 0.1) is 0 Å². The number of hydrogen-bond acceptors (Lipinski definition) is 3. The summed E-state index contributed by atoms with van der Waals surface area (Å²) < 4.78 is 0. The summed E-state index contributed by atoms with van der Waals surface area (Å²) in [6.45, 7) is 1.78. The lowest BCUT2D eigenvalue weighted by atomic mass is 9.90. The highest BCUT2D eigenvalue weighted by molar-refractivity contribution is 5.77. The van der Waals surface area contributed by atoms with Crippen molar-refractivity contribution in [2.45, 2.75) is 32.1 Å². The number of H-pyrrole nitrogens is 1. The van der Waals surface area contributed by atoms with Crippen LogP contribution in [0.15, 0.2) is 48.5 Å². The summed E-state index contributed by atoms with van der Waals surface area (Å²) in [4.78, 5) is 14.6. The molecule has 5 heteroatoms. The standard InChI is InChI=1S/C21H24N4O/c26-21(9-7-17-6-8-19-20(15-17)23-24-22-19)25-12-10-18(11-13-25)14-16-4-2-1-3-5-16/h1-6,8,15,18H,7,9-14H2,(H,22,23,24). The summed E-state index contributed by atoms with van der Waals surface area (Å²) in [6.07, 6.45) is 4.65. The fourth-order valence-corrected chi connectivity index (χ4v) is 3.78. The van der Waals surface area contributed by atoms with E-state index in [0.29, 0.717) is 12.3 Å². The van der Waals surface area contributed by atoms with Crippen LogP contribution in [0.4, 0.5) is 0 Å². The lowest BCUT2D eigenvalue weighted by Gasteiger charge is -2.32. The molecule has 0 bridgehead atoms. The van der Waals surface area contributed by atoms with Gasteiger partial charge < -0.3 is 4.90 Å². The second kappa shape index (κ2) is 7.68. The Hall–Kier alpha value is -2.69. The topological polar surface area (TPSA) is 61.9 Å². The predicted octanol–water partition coefficient (Wildman–Crippen LogP) is 3.37. The number of nitrogens with one attached hydrogen (secondary N) is 1. The van der Waals surface area contributed by atoms with Gasteiger partial charge in [-0.2, -0.15) is 15.4 Å². The summed E-state index contributed by atoms with van der Waals surface area (Å²) in [6, 6.07) is 16.7. The third kappa shape index (κ3) is 3.93. The van der Waals surface area contributed by atoms with Crippen LogP contribution in [0.5, 0.6) is 0 Å². The maximum Gasteiger partial charge on any atom is 0.222 e. The average Bonchev–Trinajstić information content (AvgIpc) is 3.15. The molecule has 1 aliphatic heterocycles. The maximum absolute atomic E-state index is 12.5. The Balaban J connectivity index is 1.25. The molecule has 3 aromatic rings. The maximum atomic E-state index is 12.5. The van der Waals surface area contributed by atoms with Crippen molar-refractivity contribution < 1.29 is 4.79 Å². The minimum absolute atomic E-state index is 0.267. The molecule has 1 saturated heterocycles. The van der Waals surface area contributed by atoms with Gasteiger partial charge in [-0.05, 0) is 54.9 Å². The van der Waals surface area contributed by atoms with E-state index in [1.54, 1.807) is 0 Å². The smallest absolute Gasteiger partial charge is 0.222 e. The quantitative estimate of drug-likeness (QED) is 0.769. The largest absolute Gasteiger partial charge is 0.343 e. The van der Waals surface area contributed by atoms with Gasteiger partial charge in [-0.25, -0.2) is 0 Å². The van der Waals surface area contributed by atoms with E-state index >= 15 is 0 Å². The van der Waals surface area contributed by atoms with E-state index in [9.17, 15) is 4.79 Å². The first-order chi connectivity index (χ1) is 12.8. The van der Waals surface area contributed by atoms with E-state index in [4.69, 9.17) is 0 Å². The number of rotatable bonds is 5. The first kappa shape index (κ1) is 16.8. The molecule has 1 N–H and O–H groups in total. The molecule has 2 heterocycles. The van der Waals surface area contributed by atoms with E-state index in [0.717, 1.165) is 55.4 Å². The van der Waals surface area contributed by atoms with E-state index in [1.165, 1.54) is 5.56 Å². The summed E-state index contributed by atoms with van der Waals surface area (Å²) >= 11 is 0. The predicted molar refractivity (Wildman–Crippen MR) is 102 cm³/mol.